The van der Waals surface area contributed by atoms with Gasteiger partial charge in [0.25, 0.3) is 0 Å². The molecule has 0 aromatic rings. The smallest absolute Gasteiger partial charge is 0.0411 e. The van der Waals surface area contributed by atoms with Crippen molar-refractivity contribution >= 4 is 12.1 Å². The van der Waals surface area contributed by atoms with E-state index in [1.54, 1.807) is 0 Å². The lowest BCUT2D eigenvalue weighted by Gasteiger charge is -1.96. The molecule has 5 nitrogen and oxygen atoms in total. The van der Waals surface area contributed by atoms with Gasteiger partial charge < -0.3 is 24.9 Å². The maximum atomic E-state index is 9.26. The molecule has 0 aromatic carbocycles. The summed E-state index contributed by atoms with van der Waals surface area (Å²) >= 11 is 0. The number of aliphatic carboxylic acids is 1. The van der Waals surface area contributed by atoms with E-state index in [0.717, 1.165) is 0 Å². The van der Waals surface area contributed by atoms with Crippen LogP contribution < -0.4 is 15.3 Å². The van der Waals surface area contributed by atoms with Crippen molar-refractivity contribution in [2.45, 2.75) is 13.3 Å². The van der Waals surface area contributed by atoms with Crippen LogP contribution in [0.4, 0.5) is 4.79 Å². The lowest BCUT2D eigenvalue weighted by Crippen LogP contribution is -2.37. The van der Waals surface area contributed by atoms with Crippen LogP contribution in [0.25, 0.3) is 0 Å². The van der Waals surface area contributed by atoms with E-state index in [1.165, 1.54) is 6.92 Å². The van der Waals surface area contributed by atoms with Crippen LogP contribution in [0.1, 0.15) is 13.3 Å². The number of hydrogen-bond acceptors (Lipinski definition) is 5. The van der Waals surface area contributed by atoms with Crippen molar-refractivity contribution in [3.8, 4) is 0 Å². The molecule has 0 amide bonds. The number of carboxylic acids is 1. The summed E-state index contributed by atoms with van der Waals surface area (Å²) in [5.41, 5.74) is 0. The fourth-order valence-electron chi connectivity index (χ4n) is 0. The minimum Gasteiger partial charge on any atom is -0.652 e. The number of carboxylic acid groups (broad SMARTS) is 3. The Morgan fingerprint density at radius 1 is 1.22 bits per heavy atom. The van der Waals surface area contributed by atoms with Gasteiger partial charge >= 0.3 is 0 Å². The zero-order valence-electron chi connectivity index (χ0n) is 4.75. The fraction of sp³-hybridized carbons (Fsp3) is 0.500. The third kappa shape index (κ3) is 277. The average molecular weight is 133 g/mol. The molecule has 0 saturated carbocycles. The predicted molar refractivity (Wildman–Crippen MR) is 20.7 cm³/mol. The summed E-state index contributed by atoms with van der Waals surface area (Å²) < 4.78 is 0. The first-order valence-electron chi connectivity index (χ1n) is 2.08. The third-order valence-corrected chi connectivity index (χ3v) is 0.289. The summed E-state index contributed by atoms with van der Waals surface area (Å²) in [6.45, 7) is 1.54. The maximum absolute atomic E-state index is 9.26. The quantitative estimate of drug-likeness (QED) is 0.372. The monoisotopic (exact) mass is 133 g/mol. The molecule has 0 aromatic heterocycles. The van der Waals surface area contributed by atoms with Gasteiger partial charge in [0.05, 0.1) is 0 Å². The number of carbonyl (C=O) groups is 2. The molecular weight excluding hydrogens is 128 g/mol. The number of carbonyl (C=O) groups excluding carboxylic acids is 2. The van der Waals surface area contributed by atoms with Crippen LogP contribution in [0.3, 0.4) is 0 Å². The Morgan fingerprint density at radius 3 is 1.33 bits per heavy atom. The molecule has 5 heteroatoms. The van der Waals surface area contributed by atoms with Gasteiger partial charge in [-0.15, -0.1) is 0 Å². The highest BCUT2D eigenvalue weighted by molar-refractivity contribution is 5.63. The lowest BCUT2D eigenvalue weighted by atomic mass is 10.5. The zero-order chi connectivity index (χ0) is 7.86. The SMILES string of the molecule is CCC(=O)[O-].O=C([O-])[O-]. The van der Waals surface area contributed by atoms with Crippen LogP contribution in [0.15, 0.2) is 0 Å². The number of rotatable bonds is 1. The van der Waals surface area contributed by atoms with Crippen molar-refractivity contribution < 1.29 is 24.9 Å². The van der Waals surface area contributed by atoms with Crippen LogP contribution in [-0.2, 0) is 4.79 Å². The lowest BCUT2D eigenvalue weighted by molar-refractivity contribution is -0.415. The molecule has 9 heavy (non-hydrogen) atoms. The largest absolute Gasteiger partial charge is 0.652 e. The molecular formula is C4H5O5-3. The number of hydrogen-bond donors (Lipinski definition) is 0. The molecule has 0 N–H and O–H groups in total. The summed E-state index contributed by atoms with van der Waals surface area (Å²) in [5, 5.41) is 25.9. The molecule has 0 fully saturated rings. The van der Waals surface area contributed by atoms with E-state index in [9.17, 15) is 9.90 Å². The normalized spacial score (nSPS) is 6.78. The predicted octanol–water partition coefficient (Wildman–Crippen LogP) is -3.30. The molecule has 0 atom stereocenters. The summed E-state index contributed by atoms with van der Waals surface area (Å²) in [6.07, 6.45) is -2.22. The van der Waals surface area contributed by atoms with Gasteiger partial charge in [0.2, 0.25) is 0 Å². The second-order valence-electron chi connectivity index (χ2n) is 0.976. The molecule has 0 aliphatic heterocycles. The van der Waals surface area contributed by atoms with Crippen molar-refractivity contribution in [2.24, 2.45) is 0 Å². The van der Waals surface area contributed by atoms with E-state index >= 15 is 0 Å². The maximum Gasteiger partial charge on any atom is 0.0411 e. The van der Waals surface area contributed by atoms with E-state index < -0.39 is 12.1 Å². The Bertz CT molecular complexity index is 93.1. The Labute approximate surface area is 51.5 Å². The molecule has 0 bridgehead atoms. The van der Waals surface area contributed by atoms with Crippen molar-refractivity contribution in [3.05, 3.63) is 0 Å². The average Bonchev–Trinajstić information content (AvgIpc) is 1.65. The van der Waals surface area contributed by atoms with Gasteiger partial charge in [-0.1, -0.05) is 6.92 Å². The first-order chi connectivity index (χ1) is 4.00. The molecule has 0 aliphatic carbocycles. The summed E-state index contributed by atoms with van der Waals surface area (Å²) in [6, 6.07) is 0. The van der Waals surface area contributed by atoms with E-state index in [1.807, 2.05) is 0 Å². The second kappa shape index (κ2) is 6.74. The van der Waals surface area contributed by atoms with E-state index in [2.05, 4.69) is 0 Å². The van der Waals surface area contributed by atoms with Gasteiger partial charge in [-0.25, -0.2) is 0 Å². The van der Waals surface area contributed by atoms with Gasteiger partial charge in [0.15, 0.2) is 0 Å². The van der Waals surface area contributed by atoms with Crippen LogP contribution >= 0.6 is 0 Å². The molecule has 0 heterocycles. The zero-order valence-corrected chi connectivity index (χ0v) is 4.75. The summed E-state index contributed by atoms with van der Waals surface area (Å²) in [4.78, 5) is 17.6. The van der Waals surface area contributed by atoms with Gasteiger partial charge in [0.1, 0.15) is 0 Å². The summed E-state index contributed by atoms with van der Waals surface area (Å²) in [7, 11) is 0. The van der Waals surface area contributed by atoms with E-state index in [0.29, 0.717) is 0 Å². The van der Waals surface area contributed by atoms with Gasteiger partial charge in [-0.05, 0) is 12.6 Å². The van der Waals surface area contributed by atoms with Gasteiger partial charge in [0, 0.05) is 5.97 Å². The molecule has 54 valence electrons. The molecule has 0 spiro atoms. The highest BCUT2D eigenvalue weighted by atomic mass is 16.6. The topological polar surface area (TPSA) is 103 Å². The molecule has 0 rings (SSSR count). The van der Waals surface area contributed by atoms with Gasteiger partial charge in [-0.3, -0.25) is 0 Å². The second-order valence-corrected chi connectivity index (χ2v) is 0.976. The Morgan fingerprint density at radius 2 is 1.33 bits per heavy atom. The minimum absolute atomic E-state index is 0.111. The Kier molecular flexibility index (Phi) is 7.99. The molecule has 0 radical (unpaired) electrons. The molecule has 0 unspecified atom stereocenters. The standard InChI is InChI=1S/C3H6O2.CH2O3/c1-2-3(4)5;2-1(3)4/h2H2,1H3,(H,4,5);(H2,2,3,4)/p-3. The van der Waals surface area contributed by atoms with Crippen molar-refractivity contribution in [1.82, 2.24) is 0 Å². The first-order valence-corrected chi connectivity index (χ1v) is 2.08. The van der Waals surface area contributed by atoms with E-state index in [4.69, 9.17) is 15.0 Å². The van der Waals surface area contributed by atoms with Crippen LogP contribution in [0, 0.1) is 0 Å². The highest BCUT2D eigenvalue weighted by Crippen LogP contribution is 1.61. The van der Waals surface area contributed by atoms with Crippen LogP contribution in [0.5, 0.6) is 0 Å². The summed E-state index contributed by atoms with van der Waals surface area (Å²) in [5.74, 6) is -0.995. The Hall–Kier alpha value is -1.26. The van der Waals surface area contributed by atoms with Gasteiger partial charge in [-0.2, -0.15) is 0 Å². The Balaban J connectivity index is 0. The fourth-order valence-corrected chi connectivity index (χ4v) is 0. The molecule has 0 aliphatic rings. The van der Waals surface area contributed by atoms with Crippen molar-refractivity contribution in [3.63, 3.8) is 0 Å². The van der Waals surface area contributed by atoms with Crippen LogP contribution in [0.2, 0.25) is 0 Å². The van der Waals surface area contributed by atoms with E-state index in [-0.39, 0.29) is 6.42 Å². The third-order valence-electron chi connectivity index (χ3n) is 0.289. The molecule has 0 saturated heterocycles. The van der Waals surface area contributed by atoms with Crippen molar-refractivity contribution in [1.29, 1.82) is 0 Å². The first kappa shape index (κ1) is 10.7. The van der Waals surface area contributed by atoms with Crippen molar-refractivity contribution in [2.75, 3.05) is 0 Å². The van der Waals surface area contributed by atoms with Crippen LogP contribution in [-0.4, -0.2) is 12.1 Å². The minimum atomic E-state index is -2.33. The highest BCUT2D eigenvalue weighted by Gasteiger charge is 1.65.